The highest BCUT2D eigenvalue weighted by Crippen LogP contribution is 2.28. The van der Waals surface area contributed by atoms with Gasteiger partial charge in [0, 0.05) is 0 Å². The molecule has 5 nitrogen and oxygen atoms in total. The molecule has 16 heavy (non-hydrogen) atoms. The molecule has 0 heterocycles. The highest BCUT2D eigenvalue weighted by atomic mass is 32.2. The van der Waals surface area contributed by atoms with Crippen molar-refractivity contribution in [1.82, 2.24) is 0 Å². The van der Waals surface area contributed by atoms with Crippen LogP contribution < -0.4 is 0 Å². The first-order valence-electron chi connectivity index (χ1n) is 5.49. The van der Waals surface area contributed by atoms with E-state index >= 15 is 0 Å². The first kappa shape index (κ1) is 13.4. The van der Waals surface area contributed by atoms with Crippen molar-refractivity contribution < 1.29 is 22.1 Å². The minimum atomic E-state index is -3.51. The first-order chi connectivity index (χ1) is 7.44. The third-order valence-corrected chi connectivity index (χ3v) is 3.19. The molecule has 0 aromatic carbocycles. The van der Waals surface area contributed by atoms with E-state index < -0.39 is 22.1 Å². The summed E-state index contributed by atoms with van der Waals surface area (Å²) in [5.41, 5.74) is 0. The molecule has 0 spiro atoms. The van der Waals surface area contributed by atoms with E-state index in [4.69, 9.17) is 8.92 Å². The van der Waals surface area contributed by atoms with Crippen LogP contribution in [0.15, 0.2) is 0 Å². The highest BCUT2D eigenvalue weighted by molar-refractivity contribution is 7.86. The van der Waals surface area contributed by atoms with Gasteiger partial charge in [0.05, 0.1) is 24.9 Å². The summed E-state index contributed by atoms with van der Waals surface area (Å²) in [6, 6.07) is 0. The summed E-state index contributed by atoms with van der Waals surface area (Å²) in [6.07, 6.45) is 3.48. The summed E-state index contributed by atoms with van der Waals surface area (Å²) < 4.78 is 31.9. The van der Waals surface area contributed by atoms with E-state index in [1.54, 1.807) is 6.92 Å². The third-order valence-electron chi connectivity index (χ3n) is 2.59. The Morgan fingerprint density at radius 2 is 1.94 bits per heavy atom. The maximum atomic E-state index is 11.6. The van der Waals surface area contributed by atoms with Crippen molar-refractivity contribution in [1.29, 1.82) is 0 Å². The van der Waals surface area contributed by atoms with Gasteiger partial charge in [-0.05, 0) is 19.8 Å². The van der Waals surface area contributed by atoms with E-state index in [1.165, 1.54) is 0 Å². The SMILES string of the molecule is CCOC(=O)[C@@H]1CCCC[C@@H]1OS(C)(=O)=O. The Morgan fingerprint density at radius 1 is 1.31 bits per heavy atom. The van der Waals surface area contributed by atoms with Gasteiger partial charge in [-0.1, -0.05) is 12.8 Å². The molecule has 6 heteroatoms. The van der Waals surface area contributed by atoms with Gasteiger partial charge >= 0.3 is 5.97 Å². The Balaban J connectivity index is 2.67. The Labute approximate surface area is 96.2 Å². The van der Waals surface area contributed by atoms with Crippen LogP contribution in [0.4, 0.5) is 0 Å². The van der Waals surface area contributed by atoms with Crippen LogP contribution in [-0.2, 0) is 23.8 Å². The fourth-order valence-corrected chi connectivity index (χ4v) is 2.63. The number of carbonyl (C=O) groups excluding carboxylic acids is 1. The van der Waals surface area contributed by atoms with Crippen LogP contribution in [0.3, 0.4) is 0 Å². The van der Waals surface area contributed by atoms with E-state index in [9.17, 15) is 13.2 Å². The Hall–Kier alpha value is -0.620. The first-order valence-corrected chi connectivity index (χ1v) is 7.30. The second-order valence-electron chi connectivity index (χ2n) is 3.98. The van der Waals surface area contributed by atoms with E-state index in [1.807, 2.05) is 0 Å². The fraction of sp³-hybridized carbons (Fsp3) is 0.900. The second-order valence-corrected chi connectivity index (χ2v) is 5.58. The number of carbonyl (C=O) groups is 1. The summed E-state index contributed by atoms with van der Waals surface area (Å²) >= 11 is 0. The molecule has 0 radical (unpaired) electrons. The van der Waals surface area contributed by atoms with Crippen LogP contribution in [0.2, 0.25) is 0 Å². The molecule has 0 saturated heterocycles. The van der Waals surface area contributed by atoms with Crippen LogP contribution >= 0.6 is 0 Å². The topological polar surface area (TPSA) is 69.7 Å². The van der Waals surface area contributed by atoms with Gasteiger partial charge in [-0.15, -0.1) is 0 Å². The number of ether oxygens (including phenoxy) is 1. The molecule has 0 aromatic heterocycles. The monoisotopic (exact) mass is 250 g/mol. The lowest BCUT2D eigenvalue weighted by molar-refractivity contribution is -0.152. The largest absolute Gasteiger partial charge is 0.466 e. The smallest absolute Gasteiger partial charge is 0.311 e. The predicted octanol–water partition coefficient (Wildman–Crippen LogP) is 1.08. The Kier molecular flexibility index (Phi) is 4.73. The van der Waals surface area contributed by atoms with Gasteiger partial charge in [-0.25, -0.2) is 0 Å². The number of rotatable bonds is 4. The molecule has 1 saturated carbocycles. The van der Waals surface area contributed by atoms with Gasteiger partial charge in [-0.3, -0.25) is 8.98 Å². The van der Waals surface area contributed by atoms with E-state index in [0.717, 1.165) is 19.1 Å². The van der Waals surface area contributed by atoms with Crippen LogP contribution in [0.25, 0.3) is 0 Å². The molecule has 1 aliphatic rings. The quantitative estimate of drug-likeness (QED) is 0.551. The minimum absolute atomic E-state index is 0.306. The molecule has 0 aliphatic heterocycles. The van der Waals surface area contributed by atoms with E-state index in [0.29, 0.717) is 19.4 Å². The average Bonchev–Trinajstić information content (AvgIpc) is 2.16. The zero-order chi connectivity index (χ0) is 12.2. The molecular formula is C10H18O5S. The lowest BCUT2D eigenvalue weighted by Crippen LogP contribution is -2.36. The molecule has 2 atom stereocenters. The molecule has 0 amide bonds. The van der Waals surface area contributed by atoms with Crippen LogP contribution in [0, 0.1) is 5.92 Å². The summed E-state index contributed by atoms with van der Waals surface area (Å²) in [5.74, 6) is -0.792. The Morgan fingerprint density at radius 3 is 2.50 bits per heavy atom. The van der Waals surface area contributed by atoms with E-state index in [2.05, 4.69) is 0 Å². The third kappa shape index (κ3) is 4.09. The predicted molar refractivity (Wildman–Crippen MR) is 58.3 cm³/mol. The second kappa shape index (κ2) is 5.63. The van der Waals surface area contributed by atoms with Crippen LogP contribution in [0.5, 0.6) is 0 Å². The van der Waals surface area contributed by atoms with Crippen molar-refractivity contribution in [2.24, 2.45) is 5.92 Å². The molecule has 0 unspecified atom stereocenters. The van der Waals surface area contributed by atoms with Crippen LogP contribution in [-0.4, -0.2) is 33.4 Å². The van der Waals surface area contributed by atoms with Gasteiger partial charge in [0.1, 0.15) is 0 Å². The van der Waals surface area contributed by atoms with Gasteiger partial charge in [0.25, 0.3) is 10.1 Å². The Bertz CT molecular complexity index is 335. The lowest BCUT2D eigenvalue weighted by Gasteiger charge is -2.28. The summed E-state index contributed by atoms with van der Waals surface area (Å²) in [7, 11) is -3.51. The average molecular weight is 250 g/mol. The molecule has 0 bridgehead atoms. The minimum Gasteiger partial charge on any atom is -0.466 e. The maximum absolute atomic E-state index is 11.6. The lowest BCUT2D eigenvalue weighted by atomic mass is 9.87. The molecule has 94 valence electrons. The normalized spacial score (nSPS) is 26.4. The van der Waals surface area contributed by atoms with Gasteiger partial charge in [0.15, 0.2) is 0 Å². The van der Waals surface area contributed by atoms with Gasteiger partial charge in [0.2, 0.25) is 0 Å². The number of hydrogen-bond donors (Lipinski definition) is 0. The molecule has 1 rings (SSSR count). The van der Waals surface area contributed by atoms with Gasteiger partial charge in [-0.2, -0.15) is 8.42 Å². The summed E-state index contributed by atoms with van der Waals surface area (Å²) in [6.45, 7) is 2.04. The zero-order valence-electron chi connectivity index (χ0n) is 9.64. The standard InChI is InChI=1S/C10H18O5S/c1-3-14-10(11)8-6-4-5-7-9(8)15-16(2,12)13/h8-9H,3-7H2,1-2H3/t8-,9+/m1/s1. The molecule has 0 aromatic rings. The summed E-state index contributed by atoms with van der Waals surface area (Å²) in [5, 5.41) is 0. The van der Waals surface area contributed by atoms with E-state index in [-0.39, 0.29) is 5.97 Å². The van der Waals surface area contributed by atoms with Crippen molar-refractivity contribution >= 4 is 16.1 Å². The van der Waals surface area contributed by atoms with Crippen molar-refractivity contribution in [3.63, 3.8) is 0 Å². The van der Waals surface area contributed by atoms with Crippen molar-refractivity contribution in [2.75, 3.05) is 12.9 Å². The summed E-state index contributed by atoms with van der Waals surface area (Å²) in [4.78, 5) is 11.6. The number of esters is 1. The molecule has 0 N–H and O–H groups in total. The fourth-order valence-electron chi connectivity index (χ4n) is 1.96. The maximum Gasteiger partial charge on any atom is 0.311 e. The van der Waals surface area contributed by atoms with Gasteiger partial charge < -0.3 is 4.74 Å². The number of hydrogen-bond acceptors (Lipinski definition) is 5. The van der Waals surface area contributed by atoms with Crippen LogP contribution in [0.1, 0.15) is 32.6 Å². The van der Waals surface area contributed by atoms with Crippen molar-refractivity contribution in [3.05, 3.63) is 0 Å². The molecular weight excluding hydrogens is 232 g/mol. The molecule has 1 aliphatic carbocycles. The van der Waals surface area contributed by atoms with Crippen molar-refractivity contribution in [3.8, 4) is 0 Å². The van der Waals surface area contributed by atoms with Crippen molar-refractivity contribution in [2.45, 2.75) is 38.7 Å². The molecule has 1 fully saturated rings. The highest BCUT2D eigenvalue weighted by Gasteiger charge is 2.34. The zero-order valence-corrected chi connectivity index (χ0v) is 10.5.